The number of benzene rings is 2. The normalized spacial score (nSPS) is 16.7. The van der Waals surface area contributed by atoms with E-state index in [9.17, 15) is 18.4 Å². The van der Waals surface area contributed by atoms with Gasteiger partial charge < -0.3 is 10.2 Å². The molecule has 140 valence electrons. The van der Waals surface area contributed by atoms with Crippen LogP contribution in [0, 0.1) is 17.6 Å². The summed E-state index contributed by atoms with van der Waals surface area (Å²) in [4.78, 5) is 26.1. The van der Waals surface area contributed by atoms with Gasteiger partial charge in [-0.15, -0.1) is 0 Å². The fourth-order valence-electron chi connectivity index (χ4n) is 3.25. The second-order valence-corrected chi connectivity index (χ2v) is 6.51. The molecule has 2 aromatic rings. The van der Waals surface area contributed by atoms with Crippen LogP contribution in [0.25, 0.3) is 11.1 Å². The molecule has 0 aromatic heterocycles. The minimum Gasteiger partial charge on any atom is -0.338 e. The molecule has 2 amide bonds. The first-order chi connectivity index (χ1) is 13.0. The van der Waals surface area contributed by atoms with Crippen LogP contribution < -0.4 is 5.32 Å². The summed E-state index contributed by atoms with van der Waals surface area (Å²) in [5.41, 5.74) is 1.51. The minimum atomic E-state index is -0.451. The molecule has 1 aliphatic rings. The summed E-state index contributed by atoms with van der Waals surface area (Å²) < 4.78 is 26.9. The Bertz CT molecular complexity index is 865. The second kappa shape index (κ2) is 8.12. The number of rotatable bonds is 4. The van der Waals surface area contributed by atoms with E-state index >= 15 is 0 Å². The van der Waals surface area contributed by atoms with E-state index in [2.05, 4.69) is 11.9 Å². The molecule has 1 unspecified atom stereocenters. The molecule has 1 atom stereocenters. The Kier molecular flexibility index (Phi) is 5.64. The zero-order valence-corrected chi connectivity index (χ0v) is 14.8. The molecule has 0 saturated carbocycles. The monoisotopic (exact) mass is 370 g/mol. The Labute approximate surface area is 156 Å². The van der Waals surface area contributed by atoms with Crippen LogP contribution in [0.5, 0.6) is 0 Å². The average molecular weight is 370 g/mol. The van der Waals surface area contributed by atoms with Gasteiger partial charge in [0.15, 0.2) is 0 Å². The van der Waals surface area contributed by atoms with Crippen molar-refractivity contribution < 1.29 is 18.4 Å². The van der Waals surface area contributed by atoms with Gasteiger partial charge >= 0.3 is 0 Å². The van der Waals surface area contributed by atoms with Crippen LogP contribution >= 0.6 is 0 Å². The molecule has 0 aliphatic carbocycles. The third kappa shape index (κ3) is 4.39. The molecular weight excluding hydrogens is 350 g/mol. The molecule has 1 aliphatic heterocycles. The Morgan fingerprint density at radius 3 is 2.52 bits per heavy atom. The maximum absolute atomic E-state index is 13.7. The highest BCUT2D eigenvalue weighted by atomic mass is 19.1. The zero-order chi connectivity index (χ0) is 19.4. The molecule has 2 aromatic carbocycles. The van der Waals surface area contributed by atoms with E-state index in [-0.39, 0.29) is 17.7 Å². The van der Waals surface area contributed by atoms with Crippen molar-refractivity contribution in [3.63, 3.8) is 0 Å². The molecular formula is C21H20F2N2O2. The van der Waals surface area contributed by atoms with Crippen molar-refractivity contribution in [2.45, 2.75) is 12.8 Å². The number of piperidine rings is 1. The van der Waals surface area contributed by atoms with E-state index in [0.29, 0.717) is 36.3 Å². The van der Waals surface area contributed by atoms with E-state index in [1.54, 1.807) is 4.90 Å². The van der Waals surface area contributed by atoms with E-state index < -0.39 is 11.6 Å². The summed E-state index contributed by atoms with van der Waals surface area (Å²) in [5.74, 6) is -1.62. The predicted molar refractivity (Wildman–Crippen MR) is 99.9 cm³/mol. The molecule has 0 bridgehead atoms. The number of nitrogens with zero attached hydrogens (tertiary/aromatic N) is 1. The van der Waals surface area contributed by atoms with Crippen molar-refractivity contribution >= 4 is 17.5 Å². The van der Waals surface area contributed by atoms with Gasteiger partial charge in [0.25, 0.3) is 0 Å². The van der Waals surface area contributed by atoms with Crippen LogP contribution in [0.1, 0.15) is 12.8 Å². The summed E-state index contributed by atoms with van der Waals surface area (Å²) in [6.07, 6.45) is 2.64. The summed E-state index contributed by atoms with van der Waals surface area (Å²) in [5, 5.41) is 2.83. The highest BCUT2D eigenvalue weighted by Gasteiger charge is 2.28. The maximum Gasteiger partial charge on any atom is 0.245 e. The predicted octanol–water partition coefficient (Wildman–Crippen LogP) is 3.99. The van der Waals surface area contributed by atoms with Gasteiger partial charge in [-0.3, -0.25) is 9.59 Å². The number of carbonyl (C=O) groups is 2. The van der Waals surface area contributed by atoms with Crippen LogP contribution in [-0.4, -0.2) is 29.8 Å². The van der Waals surface area contributed by atoms with Gasteiger partial charge in [0.05, 0.1) is 5.92 Å². The van der Waals surface area contributed by atoms with E-state index in [4.69, 9.17) is 0 Å². The first kappa shape index (κ1) is 18.8. The molecule has 1 heterocycles. The summed E-state index contributed by atoms with van der Waals surface area (Å²) in [7, 11) is 0. The fraction of sp³-hybridized carbons (Fsp3) is 0.238. The van der Waals surface area contributed by atoms with E-state index in [1.165, 1.54) is 48.5 Å². The quantitative estimate of drug-likeness (QED) is 0.827. The molecule has 1 saturated heterocycles. The number of amides is 2. The molecule has 1 N–H and O–H groups in total. The lowest BCUT2D eigenvalue weighted by Crippen LogP contribution is -2.43. The van der Waals surface area contributed by atoms with Crippen molar-refractivity contribution in [1.29, 1.82) is 0 Å². The van der Waals surface area contributed by atoms with Gasteiger partial charge in [0, 0.05) is 24.3 Å². The smallest absolute Gasteiger partial charge is 0.245 e. The van der Waals surface area contributed by atoms with Crippen molar-refractivity contribution in [2.24, 2.45) is 5.92 Å². The molecule has 27 heavy (non-hydrogen) atoms. The highest BCUT2D eigenvalue weighted by Crippen LogP contribution is 2.30. The number of nitrogens with one attached hydrogen (secondary N) is 1. The Morgan fingerprint density at radius 2 is 1.81 bits per heavy atom. The van der Waals surface area contributed by atoms with Gasteiger partial charge in [-0.25, -0.2) is 8.78 Å². The number of anilines is 1. The van der Waals surface area contributed by atoms with Gasteiger partial charge in [-0.2, -0.15) is 0 Å². The zero-order valence-electron chi connectivity index (χ0n) is 14.8. The van der Waals surface area contributed by atoms with Crippen LogP contribution in [0.3, 0.4) is 0 Å². The average Bonchev–Trinajstić information content (AvgIpc) is 2.69. The van der Waals surface area contributed by atoms with E-state index in [0.717, 1.165) is 6.42 Å². The molecule has 6 heteroatoms. The molecule has 1 fully saturated rings. The first-order valence-electron chi connectivity index (χ1n) is 8.75. The second-order valence-electron chi connectivity index (χ2n) is 6.51. The SMILES string of the molecule is C=CC(=O)N1CCCC(C(=O)Nc2ccc(F)cc2-c2ccc(F)cc2)C1. The molecule has 0 spiro atoms. The van der Waals surface area contributed by atoms with Crippen LogP contribution in [0.15, 0.2) is 55.1 Å². The van der Waals surface area contributed by atoms with Crippen molar-refractivity contribution in [3.05, 3.63) is 66.8 Å². The number of halogens is 2. The third-order valence-corrected chi connectivity index (χ3v) is 4.67. The highest BCUT2D eigenvalue weighted by molar-refractivity contribution is 5.97. The summed E-state index contributed by atoms with van der Waals surface area (Å²) in [6, 6.07) is 9.68. The standard InChI is InChI=1S/C21H20F2N2O2/c1-2-20(26)25-11-3-4-15(13-25)21(27)24-19-10-9-17(23)12-18(19)14-5-7-16(22)8-6-14/h2,5-10,12,15H,1,3-4,11,13H2,(H,24,27). The third-order valence-electron chi connectivity index (χ3n) is 4.67. The van der Waals surface area contributed by atoms with Crippen LogP contribution in [0.4, 0.5) is 14.5 Å². The lowest BCUT2D eigenvalue weighted by Gasteiger charge is -2.31. The van der Waals surface area contributed by atoms with Gasteiger partial charge in [-0.05, 0) is 54.8 Å². The van der Waals surface area contributed by atoms with Gasteiger partial charge in [0.2, 0.25) is 11.8 Å². The lowest BCUT2D eigenvalue weighted by atomic mass is 9.96. The van der Waals surface area contributed by atoms with E-state index in [1.807, 2.05) is 0 Å². The number of carbonyl (C=O) groups excluding carboxylic acids is 2. The topological polar surface area (TPSA) is 49.4 Å². The van der Waals surface area contributed by atoms with Crippen molar-refractivity contribution in [2.75, 3.05) is 18.4 Å². The van der Waals surface area contributed by atoms with Gasteiger partial charge in [0.1, 0.15) is 11.6 Å². The molecule has 4 nitrogen and oxygen atoms in total. The van der Waals surface area contributed by atoms with Crippen LogP contribution in [-0.2, 0) is 9.59 Å². The summed E-state index contributed by atoms with van der Waals surface area (Å²) >= 11 is 0. The first-order valence-corrected chi connectivity index (χ1v) is 8.75. The lowest BCUT2D eigenvalue weighted by molar-refractivity contribution is -0.130. The Morgan fingerprint density at radius 1 is 1.11 bits per heavy atom. The number of hydrogen-bond donors (Lipinski definition) is 1. The summed E-state index contributed by atoms with van der Waals surface area (Å²) in [6.45, 7) is 4.41. The minimum absolute atomic E-state index is 0.193. The largest absolute Gasteiger partial charge is 0.338 e. The Hall–Kier alpha value is -3.02. The number of likely N-dealkylation sites (tertiary alicyclic amines) is 1. The van der Waals surface area contributed by atoms with Crippen LogP contribution in [0.2, 0.25) is 0 Å². The number of hydrogen-bond acceptors (Lipinski definition) is 2. The fourth-order valence-corrected chi connectivity index (χ4v) is 3.25. The molecule has 0 radical (unpaired) electrons. The van der Waals surface area contributed by atoms with Gasteiger partial charge in [-0.1, -0.05) is 18.7 Å². The Balaban J connectivity index is 1.81. The molecule has 3 rings (SSSR count). The van der Waals surface area contributed by atoms with Crippen molar-refractivity contribution in [1.82, 2.24) is 4.90 Å². The maximum atomic E-state index is 13.7. The van der Waals surface area contributed by atoms with Crippen molar-refractivity contribution in [3.8, 4) is 11.1 Å².